The molecule has 0 bridgehead atoms. The van der Waals surface area contributed by atoms with E-state index in [-0.39, 0.29) is 17.4 Å². The first kappa shape index (κ1) is 20.6. The second-order valence-electron chi connectivity index (χ2n) is 6.60. The Morgan fingerprint density at radius 2 is 1.67 bits per heavy atom. The molecule has 0 saturated carbocycles. The van der Waals surface area contributed by atoms with Crippen LogP contribution in [-0.2, 0) is 4.79 Å². The van der Waals surface area contributed by atoms with E-state index < -0.39 is 29.6 Å². The molecule has 0 fully saturated rings. The Morgan fingerprint density at radius 1 is 1.00 bits per heavy atom. The first-order valence-electron chi connectivity index (χ1n) is 8.94. The fourth-order valence-corrected chi connectivity index (χ4v) is 2.75. The summed E-state index contributed by atoms with van der Waals surface area (Å²) < 4.78 is 27.0. The number of halogens is 2. The standard InChI is InChI=1S/C21H24F2N2O2/c1-4-13(2)19(25-20(26)15-8-6-5-7-9-15)21(27)24-14(3)17-11-10-16(22)12-18(17)23/h5-14,19H,4H2,1-3H3,(H,24,27)(H,25,26)/t13-,14?,19-/m0/s1. The van der Waals surface area contributed by atoms with E-state index in [2.05, 4.69) is 10.6 Å². The second-order valence-corrected chi connectivity index (χ2v) is 6.60. The van der Waals surface area contributed by atoms with Crippen molar-refractivity contribution >= 4 is 11.8 Å². The fraction of sp³-hybridized carbons (Fsp3) is 0.333. The lowest BCUT2D eigenvalue weighted by Gasteiger charge is -2.26. The lowest BCUT2D eigenvalue weighted by Crippen LogP contribution is -2.50. The zero-order chi connectivity index (χ0) is 20.0. The van der Waals surface area contributed by atoms with Gasteiger partial charge in [-0.05, 0) is 31.0 Å². The number of hydrogen-bond donors (Lipinski definition) is 2. The topological polar surface area (TPSA) is 58.2 Å². The Bertz CT molecular complexity index is 796. The van der Waals surface area contributed by atoms with Crippen molar-refractivity contribution in [3.63, 3.8) is 0 Å². The van der Waals surface area contributed by atoms with Gasteiger partial charge < -0.3 is 10.6 Å². The van der Waals surface area contributed by atoms with E-state index in [9.17, 15) is 18.4 Å². The minimum Gasteiger partial charge on any atom is -0.348 e. The Kier molecular flexibility index (Phi) is 7.05. The van der Waals surface area contributed by atoms with Crippen LogP contribution in [0.2, 0.25) is 0 Å². The van der Waals surface area contributed by atoms with Gasteiger partial charge in [-0.25, -0.2) is 8.78 Å². The fourth-order valence-electron chi connectivity index (χ4n) is 2.75. The van der Waals surface area contributed by atoms with Crippen molar-refractivity contribution in [1.82, 2.24) is 10.6 Å². The van der Waals surface area contributed by atoms with Crippen LogP contribution in [0.15, 0.2) is 48.5 Å². The van der Waals surface area contributed by atoms with Gasteiger partial charge in [-0.1, -0.05) is 44.5 Å². The third-order valence-corrected chi connectivity index (χ3v) is 4.61. The average molecular weight is 374 g/mol. The van der Waals surface area contributed by atoms with Crippen molar-refractivity contribution in [2.75, 3.05) is 0 Å². The van der Waals surface area contributed by atoms with Crippen LogP contribution < -0.4 is 10.6 Å². The van der Waals surface area contributed by atoms with Gasteiger partial charge in [-0.2, -0.15) is 0 Å². The van der Waals surface area contributed by atoms with Crippen LogP contribution in [0.25, 0.3) is 0 Å². The maximum absolute atomic E-state index is 13.9. The molecule has 4 nitrogen and oxygen atoms in total. The molecule has 0 radical (unpaired) electrons. The van der Waals surface area contributed by atoms with E-state index in [1.54, 1.807) is 37.3 Å². The molecule has 0 aliphatic carbocycles. The van der Waals surface area contributed by atoms with Crippen LogP contribution in [0, 0.1) is 17.6 Å². The van der Waals surface area contributed by atoms with Crippen LogP contribution in [0.4, 0.5) is 8.78 Å². The predicted octanol–water partition coefficient (Wildman–Crippen LogP) is 3.99. The minimum atomic E-state index is -0.770. The highest BCUT2D eigenvalue weighted by atomic mass is 19.1. The predicted molar refractivity (Wildman–Crippen MR) is 100 cm³/mol. The molecule has 0 aliphatic heterocycles. The van der Waals surface area contributed by atoms with Crippen molar-refractivity contribution in [3.8, 4) is 0 Å². The Hall–Kier alpha value is -2.76. The van der Waals surface area contributed by atoms with E-state index in [1.807, 2.05) is 13.8 Å². The smallest absolute Gasteiger partial charge is 0.251 e. The summed E-state index contributed by atoms with van der Waals surface area (Å²) in [5, 5.41) is 5.47. The molecule has 1 unspecified atom stereocenters. The number of rotatable bonds is 7. The normalized spacial score (nSPS) is 14.1. The van der Waals surface area contributed by atoms with Gasteiger partial charge in [0.1, 0.15) is 17.7 Å². The van der Waals surface area contributed by atoms with Crippen molar-refractivity contribution < 1.29 is 18.4 Å². The third kappa shape index (κ3) is 5.36. The lowest BCUT2D eigenvalue weighted by atomic mass is 9.97. The lowest BCUT2D eigenvalue weighted by molar-refractivity contribution is -0.124. The van der Waals surface area contributed by atoms with Gasteiger partial charge in [-0.3, -0.25) is 9.59 Å². The third-order valence-electron chi connectivity index (χ3n) is 4.61. The average Bonchev–Trinajstić information content (AvgIpc) is 2.65. The molecule has 0 saturated heterocycles. The summed E-state index contributed by atoms with van der Waals surface area (Å²) in [6, 6.07) is 10.4. The first-order valence-corrected chi connectivity index (χ1v) is 8.94. The molecule has 2 aromatic carbocycles. The van der Waals surface area contributed by atoms with Gasteiger partial charge >= 0.3 is 0 Å². The minimum absolute atomic E-state index is 0.122. The van der Waals surface area contributed by atoms with E-state index >= 15 is 0 Å². The molecular formula is C21H24F2N2O2. The molecule has 0 heterocycles. The van der Waals surface area contributed by atoms with E-state index in [0.717, 1.165) is 12.1 Å². The van der Waals surface area contributed by atoms with Crippen LogP contribution in [0.1, 0.15) is 49.2 Å². The van der Waals surface area contributed by atoms with Gasteiger partial charge in [-0.15, -0.1) is 0 Å². The number of carbonyl (C=O) groups is 2. The first-order chi connectivity index (χ1) is 12.8. The molecule has 6 heteroatoms. The molecule has 144 valence electrons. The highest BCUT2D eigenvalue weighted by molar-refractivity contribution is 5.97. The summed E-state index contributed by atoms with van der Waals surface area (Å²) in [4.78, 5) is 25.2. The maximum atomic E-state index is 13.9. The molecule has 2 rings (SSSR count). The largest absolute Gasteiger partial charge is 0.348 e. The van der Waals surface area contributed by atoms with E-state index in [0.29, 0.717) is 12.0 Å². The molecule has 2 amide bonds. The van der Waals surface area contributed by atoms with Crippen molar-refractivity contribution in [1.29, 1.82) is 0 Å². The van der Waals surface area contributed by atoms with Crippen LogP contribution in [0.5, 0.6) is 0 Å². The molecule has 0 aliphatic rings. The van der Waals surface area contributed by atoms with Crippen molar-refractivity contribution in [2.45, 2.75) is 39.3 Å². The van der Waals surface area contributed by atoms with Crippen LogP contribution in [0.3, 0.4) is 0 Å². The van der Waals surface area contributed by atoms with Gasteiger partial charge in [0.2, 0.25) is 5.91 Å². The summed E-state index contributed by atoms with van der Waals surface area (Å²) in [5.41, 5.74) is 0.637. The Balaban J connectivity index is 2.13. The quantitative estimate of drug-likeness (QED) is 0.770. The Labute approximate surface area is 158 Å². The van der Waals surface area contributed by atoms with Gasteiger partial charge in [0.15, 0.2) is 0 Å². The number of benzene rings is 2. The molecule has 0 aromatic heterocycles. The zero-order valence-electron chi connectivity index (χ0n) is 15.6. The summed E-state index contributed by atoms with van der Waals surface area (Å²) in [6.07, 6.45) is 0.673. The highest BCUT2D eigenvalue weighted by Crippen LogP contribution is 2.19. The second kappa shape index (κ2) is 9.26. The number of hydrogen-bond acceptors (Lipinski definition) is 2. The summed E-state index contributed by atoms with van der Waals surface area (Å²) in [6.45, 7) is 5.39. The summed E-state index contributed by atoms with van der Waals surface area (Å²) in [7, 11) is 0. The van der Waals surface area contributed by atoms with Crippen molar-refractivity contribution in [2.24, 2.45) is 5.92 Å². The monoisotopic (exact) mass is 374 g/mol. The summed E-state index contributed by atoms with van der Waals surface area (Å²) in [5.74, 6) is -2.29. The number of amides is 2. The zero-order valence-corrected chi connectivity index (χ0v) is 15.6. The van der Waals surface area contributed by atoms with Crippen molar-refractivity contribution in [3.05, 3.63) is 71.3 Å². The molecule has 3 atom stereocenters. The highest BCUT2D eigenvalue weighted by Gasteiger charge is 2.28. The van der Waals surface area contributed by atoms with E-state index in [4.69, 9.17) is 0 Å². The Morgan fingerprint density at radius 3 is 2.26 bits per heavy atom. The molecule has 2 N–H and O–H groups in total. The molecule has 0 spiro atoms. The molecular weight excluding hydrogens is 350 g/mol. The summed E-state index contributed by atoms with van der Waals surface area (Å²) >= 11 is 0. The van der Waals surface area contributed by atoms with Crippen LogP contribution >= 0.6 is 0 Å². The number of nitrogens with one attached hydrogen (secondary N) is 2. The van der Waals surface area contributed by atoms with Crippen LogP contribution in [-0.4, -0.2) is 17.9 Å². The van der Waals surface area contributed by atoms with Gasteiger partial charge in [0.25, 0.3) is 5.91 Å². The van der Waals surface area contributed by atoms with E-state index in [1.165, 1.54) is 6.07 Å². The van der Waals surface area contributed by atoms with Gasteiger partial charge in [0, 0.05) is 17.2 Å². The molecule has 27 heavy (non-hydrogen) atoms. The molecule has 2 aromatic rings. The van der Waals surface area contributed by atoms with Gasteiger partial charge in [0.05, 0.1) is 6.04 Å². The maximum Gasteiger partial charge on any atom is 0.251 e. The number of carbonyl (C=O) groups excluding carboxylic acids is 2. The SMILES string of the molecule is CC[C@H](C)[C@H](NC(=O)c1ccccc1)C(=O)NC(C)c1ccc(F)cc1F.